The summed E-state index contributed by atoms with van der Waals surface area (Å²) in [5, 5.41) is 0.161. The normalized spacial score (nSPS) is 20.9. The summed E-state index contributed by atoms with van der Waals surface area (Å²) in [6, 6.07) is 5.54. The van der Waals surface area contributed by atoms with Crippen LogP contribution in [0, 0.1) is 0 Å². The Kier molecular flexibility index (Phi) is 3.73. The number of benzene rings is 1. The monoisotopic (exact) mass is 346 g/mol. The van der Waals surface area contributed by atoms with Crippen LogP contribution in [0.1, 0.15) is 0 Å². The maximum Gasteiger partial charge on any atom is 0.289 e. The molecular formula is C12H11ClN2O4S2. The van der Waals surface area contributed by atoms with Gasteiger partial charge in [-0.1, -0.05) is 23.4 Å². The lowest BCUT2D eigenvalue weighted by atomic mass is 10.1. The van der Waals surface area contributed by atoms with Crippen LogP contribution in [-0.4, -0.2) is 53.7 Å². The van der Waals surface area contributed by atoms with Crippen LogP contribution in [0.25, 0.3) is 0 Å². The van der Waals surface area contributed by atoms with E-state index < -0.39 is 10.0 Å². The molecule has 1 aromatic carbocycles. The molecule has 0 unspecified atom stereocenters. The number of thioether (sulfide) groups is 1. The van der Waals surface area contributed by atoms with Crippen molar-refractivity contribution in [2.45, 2.75) is 10.9 Å². The molecular weight excluding hydrogens is 336 g/mol. The Morgan fingerprint density at radius 2 is 1.76 bits per heavy atom. The summed E-state index contributed by atoms with van der Waals surface area (Å²) >= 11 is 6.69. The minimum Gasteiger partial charge on any atom is -0.273 e. The Morgan fingerprint density at radius 3 is 2.29 bits per heavy atom. The fraction of sp³-hybridized carbons (Fsp3) is 0.333. The zero-order valence-electron chi connectivity index (χ0n) is 10.7. The maximum absolute atomic E-state index is 12.3. The van der Waals surface area contributed by atoms with Crippen molar-refractivity contribution in [3.8, 4) is 0 Å². The van der Waals surface area contributed by atoms with Gasteiger partial charge in [0.15, 0.2) is 0 Å². The summed E-state index contributed by atoms with van der Waals surface area (Å²) < 4.78 is 25.9. The van der Waals surface area contributed by atoms with Gasteiger partial charge < -0.3 is 0 Å². The Labute approximate surface area is 131 Å². The number of sulfonamides is 1. The van der Waals surface area contributed by atoms with Gasteiger partial charge in [0, 0.05) is 18.1 Å². The fourth-order valence-electron chi connectivity index (χ4n) is 2.25. The third-order valence-electron chi connectivity index (χ3n) is 3.43. The number of carbonyl (C=O) groups is 2. The smallest absolute Gasteiger partial charge is 0.273 e. The Bertz CT molecular complexity index is 682. The van der Waals surface area contributed by atoms with E-state index in [2.05, 4.69) is 0 Å². The Hall–Kier alpha value is -1.09. The van der Waals surface area contributed by atoms with E-state index >= 15 is 0 Å². The van der Waals surface area contributed by atoms with Crippen molar-refractivity contribution in [2.75, 3.05) is 18.8 Å². The molecule has 0 atom stereocenters. The third-order valence-corrected chi connectivity index (χ3v) is 6.36. The van der Waals surface area contributed by atoms with Crippen molar-refractivity contribution < 1.29 is 18.0 Å². The van der Waals surface area contributed by atoms with Gasteiger partial charge in [-0.3, -0.25) is 14.5 Å². The van der Waals surface area contributed by atoms with Crippen LogP contribution in [0.4, 0.5) is 4.79 Å². The molecule has 112 valence electrons. The van der Waals surface area contributed by atoms with Crippen LogP contribution in [0.2, 0.25) is 5.02 Å². The molecule has 21 heavy (non-hydrogen) atoms. The number of imide groups is 1. The zero-order valence-corrected chi connectivity index (χ0v) is 13.1. The highest BCUT2D eigenvalue weighted by molar-refractivity contribution is 8.14. The van der Waals surface area contributed by atoms with Gasteiger partial charge in [-0.25, -0.2) is 8.42 Å². The van der Waals surface area contributed by atoms with E-state index in [1.807, 2.05) is 0 Å². The molecule has 3 rings (SSSR count). The number of amides is 2. The van der Waals surface area contributed by atoms with Gasteiger partial charge in [-0.05, 0) is 24.3 Å². The second kappa shape index (κ2) is 5.28. The lowest BCUT2D eigenvalue weighted by molar-refractivity contribution is -0.127. The lowest BCUT2D eigenvalue weighted by Gasteiger charge is -2.41. The molecule has 2 amide bonds. The average molecular weight is 347 g/mol. The minimum atomic E-state index is -3.60. The van der Waals surface area contributed by atoms with Crippen molar-refractivity contribution >= 4 is 44.5 Å². The minimum absolute atomic E-state index is 0.138. The summed E-state index contributed by atoms with van der Waals surface area (Å²) in [4.78, 5) is 24.5. The fourth-order valence-corrected chi connectivity index (χ4v) is 4.67. The van der Waals surface area contributed by atoms with E-state index in [1.54, 1.807) is 0 Å². The predicted molar refractivity (Wildman–Crippen MR) is 78.7 cm³/mol. The molecule has 9 heteroatoms. The van der Waals surface area contributed by atoms with Gasteiger partial charge in [0.05, 0.1) is 16.7 Å². The number of rotatable bonds is 3. The van der Waals surface area contributed by atoms with Crippen LogP contribution in [0.5, 0.6) is 0 Å². The number of hydrogen-bond acceptors (Lipinski definition) is 5. The first kappa shape index (κ1) is 14.8. The number of nitrogens with zero attached hydrogens (tertiary/aromatic N) is 2. The maximum atomic E-state index is 12.3. The van der Waals surface area contributed by atoms with Gasteiger partial charge >= 0.3 is 0 Å². The molecule has 2 fully saturated rings. The SMILES string of the molecule is O=C1CSC(=O)N1C1CN(S(=O)(=O)c2ccc(Cl)cc2)C1. The van der Waals surface area contributed by atoms with Crippen LogP contribution in [0.15, 0.2) is 29.2 Å². The summed E-state index contributed by atoms with van der Waals surface area (Å²) in [6.07, 6.45) is 0. The molecule has 0 radical (unpaired) electrons. The van der Waals surface area contributed by atoms with E-state index in [9.17, 15) is 18.0 Å². The van der Waals surface area contributed by atoms with E-state index in [1.165, 1.54) is 33.5 Å². The second-order valence-corrected chi connectivity index (χ2v) is 8.05. The topological polar surface area (TPSA) is 74.8 Å². The largest absolute Gasteiger partial charge is 0.289 e. The van der Waals surface area contributed by atoms with Crippen molar-refractivity contribution in [1.82, 2.24) is 9.21 Å². The second-order valence-electron chi connectivity index (χ2n) is 4.75. The van der Waals surface area contributed by atoms with E-state index in [0.717, 1.165) is 11.8 Å². The molecule has 2 saturated heterocycles. The number of carbonyl (C=O) groups excluding carboxylic acids is 2. The molecule has 2 aliphatic rings. The molecule has 0 aromatic heterocycles. The van der Waals surface area contributed by atoms with Crippen molar-refractivity contribution in [2.24, 2.45) is 0 Å². The van der Waals surface area contributed by atoms with E-state index in [4.69, 9.17) is 11.6 Å². The molecule has 2 heterocycles. The Balaban J connectivity index is 1.72. The van der Waals surface area contributed by atoms with Crippen LogP contribution in [-0.2, 0) is 14.8 Å². The van der Waals surface area contributed by atoms with Crippen molar-refractivity contribution in [3.05, 3.63) is 29.3 Å². The van der Waals surface area contributed by atoms with Crippen LogP contribution < -0.4 is 0 Å². The highest BCUT2D eigenvalue weighted by atomic mass is 35.5. The van der Waals surface area contributed by atoms with Gasteiger partial charge in [0.1, 0.15) is 0 Å². The Morgan fingerprint density at radius 1 is 1.14 bits per heavy atom. The van der Waals surface area contributed by atoms with E-state index in [-0.39, 0.29) is 40.9 Å². The quantitative estimate of drug-likeness (QED) is 0.827. The first-order valence-corrected chi connectivity index (χ1v) is 8.94. The van der Waals surface area contributed by atoms with E-state index in [0.29, 0.717) is 5.02 Å². The summed E-state index contributed by atoms with van der Waals surface area (Å²) in [7, 11) is -3.60. The number of halogens is 1. The molecule has 2 aliphatic heterocycles. The van der Waals surface area contributed by atoms with Gasteiger partial charge in [0.2, 0.25) is 15.9 Å². The first-order valence-electron chi connectivity index (χ1n) is 6.14. The highest BCUT2D eigenvalue weighted by Gasteiger charge is 2.45. The van der Waals surface area contributed by atoms with Gasteiger partial charge in [0.25, 0.3) is 5.24 Å². The lowest BCUT2D eigenvalue weighted by Crippen LogP contribution is -2.61. The van der Waals surface area contributed by atoms with Gasteiger partial charge in [-0.2, -0.15) is 4.31 Å². The van der Waals surface area contributed by atoms with Crippen molar-refractivity contribution in [3.63, 3.8) is 0 Å². The molecule has 6 nitrogen and oxygen atoms in total. The molecule has 0 spiro atoms. The van der Waals surface area contributed by atoms with Crippen LogP contribution in [0.3, 0.4) is 0 Å². The third kappa shape index (κ3) is 2.57. The summed E-state index contributed by atoms with van der Waals surface area (Å²) in [6.45, 7) is 0.284. The molecule has 0 N–H and O–H groups in total. The summed E-state index contributed by atoms with van der Waals surface area (Å²) in [5.41, 5.74) is 0. The van der Waals surface area contributed by atoms with Crippen molar-refractivity contribution in [1.29, 1.82) is 0 Å². The summed E-state index contributed by atoms with van der Waals surface area (Å²) in [5.74, 6) is -0.113. The predicted octanol–water partition coefficient (Wildman–Crippen LogP) is 1.41. The zero-order chi connectivity index (χ0) is 15.2. The first-order chi connectivity index (χ1) is 9.89. The molecule has 0 aliphatic carbocycles. The average Bonchev–Trinajstić information content (AvgIpc) is 2.69. The number of hydrogen-bond donors (Lipinski definition) is 0. The van der Waals surface area contributed by atoms with Gasteiger partial charge in [-0.15, -0.1) is 0 Å². The van der Waals surface area contributed by atoms with Crippen LogP contribution >= 0.6 is 23.4 Å². The standard InChI is InChI=1S/C12H11ClN2O4S2/c13-8-1-3-10(4-2-8)21(18,19)14-5-9(6-14)15-11(16)7-20-12(15)17/h1-4,9H,5-7H2. The molecule has 0 bridgehead atoms. The molecule has 0 saturated carbocycles. The molecule has 1 aromatic rings. The highest BCUT2D eigenvalue weighted by Crippen LogP contribution is 2.29.